The third kappa shape index (κ3) is 6.07. The average Bonchev–Trinajstić information content (AvgIpc) is 3.20. The van der Waals surface area contributed by atoms with Gasteiger partial charge in [0.2, 0.25) is 0 Å². The molecular formula is C30H34N2O5S. The highest BCUT2D eigenvalue weighted by molar-refractivity contribution is 7.07. The van der Waals surface area contributed by atoms with Gasteiger partial charge in [0.05, 0.1) is 41.7 Å². The van der Waals surface area contributed by atoms with Crippen molar-refractivity contribution in [2.45, 2.75) is 59.1 Å². The van der Waals surface area contributed by atoms with Crippen molar-refractivity contribution < 1.29 is 19.0 Å². The van der Waals surface area contributed by atoms with Gasteiger partial charge in [-0.1, -0.05) is 55.4 Å². The maximum absolute atomic E-state index is 13.7. The highest BCUT2D eigenvalue weighted by atomic mass is 32.1. The van der Waals surface area contributed by atoms with Gasteiger partial charge in [-0.2, -0.15) is 0 Å². The number of allylic oxidation sites excluding steroid dienone is 1. The first-order valence-corrected chi connectivity index (χ1v) is 13.7. The minimum atomic E-state index is -0.663. The van der Waals surface area contributed by atoms with Gasteiger partial charge in [0.1, 0.15) is 11.5 Å². The largest absolute Gasteiger partial charge is 0.497 e. The zero-order chi connectivity index (χ0) is 27.2. The summed E-state index contributed by atoms with van der Waals surface area (Å²) in [5.74, 6) is 1.01. The number of unbranched alkanes of at least 4 members (excludes halogenated alkanes) is 2. The second kappa shape index (κ2) is 12.3. The summed E-state index contributed by atoms with van der Waals surface area (Å²) in [6.45, 7) is 8.24. The SMILES string of the molecule is CCCCCOc1ccc(/C=c2/sc3n(c2=O)[C@@H](c2ccc(OC)cc2)C(C(=O)OC(C)C)=C(C)N=3)cc1. The molecule has 2 heterocycles. The number of nitrogens with zero attached hydrogens (tertiary/aromatic N) is 2. The number of carbonyl (C=O) groups is 1. The number of hydrogen-bond acceptors (Lipinski definition) is 7. The third-order valence-corrected chi connectivity index (χ3v) is 7.19. The number of esters is 1. The van der Waals surface area contributed by atoms with Crippen LogP contribution in [-0.4, -0.2) is 30.4 Å². The van der Waals surface area contributed by atoms with E-state index in [2.05, 4.69) is 11.9 Å². The molecule has 3 aromatic rings. The predicted octanol–water partition coefficient (Wildman–Crippen LogP) is 4.76. The lowest BCUT2D eigenvalue weighted by Gasteiger charge is -2.25. The Kier molecular flexibility index (Phi) is 8.84. The minimum absolute atomic E-state index is 0.211. The van der Waals surface area contributed by atoms with Crippen molar-refractivity contribution in [3.05, 3.63) is 90.6 Å². The van der Waals surface area contributed by atoms with E-state index >= 15 is 0 Å². The van der Waals surface area contributed by atoms with Gasteiger partial charge < -0.3 is 14.2 Å². The lowest BCUT2D eigenvalue weighted by atomic mass is 9.96. The van der Waals surface area contributed by atoms with Gasteiger partial charge in [0.15, 0.2) is 4.80 Å². The van der Waals surface area contributed by atoms with E-state index in [0.29, 0.717) is 33.0 Å². The first-order chi connectivity index (χ1) is 18.3. The minimum Gasteiger partial charge on any atom is -0.497 e. The topological polar surface area (TPSA) is 79.1 Å². The molecule has 0 unspecified atom stereocenters. The first-order valence-electron chi connectivity index (χ1n) is 12.9. The van der Waals surface area contributed by atoms with E-state index in [0.717, 1.165) is 36.1 Å². The molecule has 0 radical (unpaired) electrons. The predicted molar refractivity (Wildman–Crippen MR) is 149 cm³/mol. The molecule has 1 atom stereocenters. The van der Waals surface area contributed by atoms with E-state index in [1.807, 2.05) is 54.6 Å². The van der Waals surface area contributed by atoms with Crippen LogP contribution in [0.25, 0.3) is 6.08 Å². The molecule has 38 heavy (non-hydrogen) atoms. The molecule has 0 spiro atoms. The summed E-state index contributed by atoms with van der Waals surface area (Å²) < 4.78 is 18.8. The quantitative estimate of drug-likeness (QED) is 0.277. The molecule has 4 rings (SSSR count). The molecule has 0 saturated carbocycles. The molecule has 8 heteroatoms. The van der Waals surface area contributed by atoms with Gasteiger partial charge in [-0.3, -0.25) is 9.36 Å². The highest BCUT2D eigenvalue weighted by Gasteiger charge is 2.33. The Morgan fingerprint density at radius 2 is 1.76 bits per heavy atom. The van der Waals surface area contributed by atoms with Crippen LogP contribution in [0.1, 0.15) is 64.1 Å². The number of ether oxygens (including phenoxy) is 3. The Labute approximate surface area is 226 Å². The maximum atomic E-state index is 13.7. The molecular weight excluding hydrogens is 500 g/mol. The molecule has 0 fully saturated rings. The van der Waals surface area contributed by atoms with Crippen LogP contribution < -0.4 is 24.4 Å². The van der Waals surface area contributed by atoms with E-state index in [1.165, 1.54) is 11.3 Å². The zero-order valence-electron chi connectivity index (χ0n) is 22.5. The van der Waals surface area contributed by atoms with Crippen LogP contribution >= 0.6 is 11.3 Å². The fourth-order valence-corrected chi connectivity index (χ4v) is 5.36. The normalized spacial score (nSPS) is 15.3. The lowest BCUT2D eigenvalue weighted by Crippen LogP contribution is -2.40. The second-order valence-electron chi connectivity index (χ2n) is 9.43. The molecule has 1 aliphatic heterocycles. The van der Waals surface area contributed by atoms with Crippen LogP contribution in [0.5, 0.6) is 11.5 Å². The smallest absolute Gasteiger partial charge is 0.338 e. The van der Waals surface area contributed by atoms with E-state index in [-0.39, 0.29) is 11.7 Å². The van der Waals surface area contributed by atoms with E-state index < -0.39 is 12.0 Å². The molecule has 0 N–H and O–H groups in total. The van der Waals surface area contributed by atoms with Gasteiger partial charge in [-0.05, 0) is 68.7 Å². The van der Waals surface area contributed by atoms with E-state index in [9.17, 15) is 9.59 Å². The second-order valence-corrected chi connectivity index (χ2v) is 10.4. The van der Waals surface area contributed by atoms with Crippen molar-refractivity contribution in [1.29, 1.82) is 0 Å². The van der Waals surface area contributed by atoms with Crippen molar-refractivity contribution in [2.75, 3.05) is 13.7 Å². The number of benzene rings is 2. The number of methoxy groups -OCH3 is 1. The highest BCUT2D eigenvalue weighted by Crippen LogP contribution is 2.31. The molecule has 2 aromatic carbocycles. The molecule has 200 valence electrons. The summed E-state index contributed by atoms with van der Waals surface area (Å²) in [5.41, 5.74) is 2.33. The number of carbonyl (C=O) groups excluding carboxylic acids is 1. The van der Waals surface area contributed by atoms with Crippen LogP contribution in [0.2, 0.25) is 0 Å². The van der Waals surface area contributed by atoms with Gasteiger partial charge in [-0.15, -0.1) is 0 Å². The Balaban J connectivity index is 1.75. The van der Waals surface area contributed by atoms with Crippen molar-refractivity contribution in [3.8, 4) is 11.5 Å². The van der Waals surface area contributed by atoms with Crippen LogP contribution in [0.15, 0.2) is 69.6 Å². The fraction of sp³-hybridized carbons (Fsp3) is 0.367. The number of hydrogen-bond donors (Lipinski definition) is 0. The summed E-state index contributed by atoms with van der Waals surface area (Å²) in [7, 11) is 1.60. The van der Waals surface area contributed by atoms with Crippen LogP contribution in [0, 0.1) is 0 Å². The van der Waals surface area contributed by atoms with Gasteiger partial charge in [-0.25, -0.2) is 9.79 Å². The van der Waals surface area contributed by atoms with Crippen LogP contribution in [0.3, 0.4) is 0 Å². The van der Waals surface area contributed by atoms with Crippen molar-refractivity contribution in [3.63, 3.8) is 0 Å². The summed E-state index contributed by atoms with van der Waals surface area (Å²) in [6.07, 6.45) is 4.87. The number of fused-ring (bicyclic) bond motifs is 1. The molecule has 0 aliphatic carbocycles. The van der Waals surface area contributed by atoms with Crippen molar-refractivity contribution in [1.82, 2.24) is 4.57 Å². The number of aromatic nitrogens is 1. The Morgan fingerprint density at radius 3 is 2.39 bits per heavy atom. The fourth-order valence-electron chi connectivity index (χ4n) is 4.32. The van der Waals surface area contributed by atoms with Gasteiger partial charge in [0, 0.05) is 0 Å². The standard InChI is InChI=1S/C30H34N2O5S/c1-6-7-8-17-36-24-13-9-21(10-14-24)18-25-28(33)32-27(22-11-15-23(35-5)16-12-22)26(29(34)37-19(2)3)20(4)31-30(32)38-25/h9-16,18-19,27H,6-8,17H2,1-5H3/b25-18+/t27-/m0/s1. The number of thiazole rings is 1. The van der Waals surface area contributed by atoms with E-state index in [1.54, 1.807) is 32.4 Å². The Bertz CT molecular complexity index is 1480. The summed E-state index contributed by atoms with van der Waals surface area (Å²) in [4.78, 5) is 32.1. The summed E-state index contributed by atoms with van der Waals surface area (Å²) >= 11 is 1.30. The molecule has 1 aromatic heterocycles. The molecule has 0 amide bonds. The molecule has 1 aliphatic rings. The molecule has 0 saturated heterocycles. The van der Waals surface area contributed by atoms with E-state index in [4.69, 9.17) is 14.2 Å². The van der Waals surface area contributed by atoms with Gasteiger partial charge >= 0.3 is 5.97 Å². The summed E-state index contributed by atoms with van der Waals surface area (Å²) in [6, 6.07) is 14.4. The Morgan fingerprint density at radius 1 is 1.08 bits per heavy atom. The first kappa shape index (κ1) is 27.4. The third-order valence-electron chi connectivity index (χ3n) is 6.21. The van der Waals surface area contributed by atoms with Crippen molar-refractivity contribution in [2.24, 2.45) is 4.99 Å². The van der Waals surface area contributed by atoms with Crippen molar-refractivity contribution >= 4 is 23.4 Å². The number of rotatable bonds is 10. The zero-order valence-corrected chi connectivity index (χ0v) is 23.3. The Hall–Kier alpha value is -3.65. The summed E-state index contributed by atoms with van der Waals surface area (Å²) in [5, 5.41) is 0. The molecule has 7 nitrogen and oxygen atoms in total. The van der Waals surface area contributed by atoms with Crippen LogP contribution in [0.4, 0.5) is 0 Å². The van der Waals surface area contributed by atoms with Gasteiger partial charge in [0.25, 0.3) is 5.56 Å². The lowest BCUT2D eigenvalue weighted by molar-refractivity contribution is -0.143. The average molecular weight is 535 g/mol. The maximum Gasteiger partial charge on any atom is 0.338 e. The van der Waals surface area contributed by atoms with Crippen LogP contribution in [-0.2, 0) is 9.53 Å². The monoisotopic (exact) mass is 534 g/mol. The molecule has 0 bridgehead atoms.